The van der Waals surface area contributed by atoms with Gasteiger partial charge < -0.3 is 11.5 Å². The van der Waals surface area contributed by atoms with Crippen LogP contribution in [-0.2, 0) is 19.4 Å². The minimum absolute atomic E-state index is 0.600. The van der Waals surface area contributed by atoms with Gasteiger partial charge in [0.05, 0.1) is 0 Å². The molecule has 0 aliphatic carbocycles. The Bertz CT molecular complexity index is 612. The van der Waals surface area contributed by atoms with Crippen molar-refractivity contribution >= 4 is 5.84 Å². The molecule has 0 amide bonds. The van der Waals surface area contributed by atoms with Gasteiger partial charge in [-0.3, -0.25) is 4.99 Å². The first-order valence-electron chi connectivity index (χ1n) is 8.40. The van der Waals surface area contributed by atoms with Crippen molar-refractivity contribution in [3.05, 3.63) is 70.8 Å². The van der Waals surface area contributed by atoms with E-state index in [9.17, 15) is 0 Å². The van der Waals surface area contributed by atoms with Crippen LogP contribution in [0.5, 0.6) is 0 Å². The Morgan fingerprint density at radius 3 is 1.91 bits per heavy atom. The predicted octanol–water partition coefficient (Wildman–Crippen LogP) is 3.44. The van der Waals surface area contributed by atoms with E-state index >= 15 is 0 Å². The standard InChI is InChI=1S/C20H27N3/c1-2-3-14-23-20(22)19-12-10-17(11-13-19)5-4-16-6-8-18(15-21)9-7-16/h6-13H,2-5,14-15,21H2,1H3,(H2,22,23). The van der Waals surface area contributed by atoms with Gasteiger partial charge in [-0.25, -0.2) is 0 Å². The molecule has 3 heteroatoms. The Balaban J connectivity index is 1.90. The second-order valence-electron chi connectivity index (χ2n) is 5.84. The highest BCUT2D eigenvalue weighted by Crippen LogP contribution is 2.10. The first-order chi connectivity index (χ1) is 11.2. The minimum Gasteiger partial charge on any atom is -0.384 e. The molecule has 0 atom stereocenters. The van der Waals surface area contributed by atoms with Crippen LogP contribution in [0.3, 0.4) is 0 Å². The van der Waals surface area contributed by atoms with E-state index in [0.29, 0.717) is 12.4 Å². The van der Waals surface area contributed by atoms with Gasteiger partial charge in [0, 0.05) is 18.7 Å². The van der Waals surface area contributed by atoms with Crippen LogP contribution in [0.4, 0.5) is 0 Å². The van der Waals surface area contributed by atoms with Crippen molar-refractivity contribution in [3.8, 4) is 0 Å². The Labute approximate surface area is 139 Å². The van der Waals surface area contributed by atoms with Crippen LogP contribution < -0.4 is 11.5 Å². The Hall–Kier alpha value is -2.13. The molecule has 0 bridgehead atoms. The second kappa shape index (κ2) is 9.11. The molecule has 0 heterocycles. The normalized spacial score (nSPS) is 11.7. The first-order valence-corrected chi connectivity index (χ1v) is 8.40. The van der Waals surface area contributed by atoms with Gasteiger partial charge in [0.25, 0.3) is 0 Å². The Morgan fingerprint density at radius 2 is 1.39 bits per heavy atom. The second-order valence-corrected chi connectivity index (χ2v) is 5.84. The van der Waals surface area contributed by atoms with E-state index in [1.165, 1.54) is 16.7 Å². The number of nitrogens with two attached hydrogens (primary N) is 2. The topological polar surface area (TPSA) is 64.4 Å². The number of benzene rings is 2. The lowest BCUT2D eigenvalue weighted by Gasteiger charge is -2.06. The number of unbranched alkanes of at least 4 members (excludes halogenated alkanes) is 1. The van der Waals surface area contributed by atoms with Gasteiger partial charge in [0.1, 0.15) is 5.84 Å². The number of aryl methyl sites for hydroxylation is 2. The molecule has 2 aromatic rings. The maximum atomic E-state index is 6.02. The van der Waals surface area contributed by atoms with Crippen LogP contribution in [0.2, 0.25) is 0 Å². The summed E-state index contributed by atoms with van der Waals surface area (Å²) < 4.78 is 0. The third-order valence-electron chi connectivity index (χ3n) is 4.00. The number of aliphatic imine (C=N–C) groups is 1. The van der Waals surface area contributed by atoms with Crippen molar-refractivity contribution in [3.63, 3.8) is 0 Å². The monoisotopic (exact) mass is 309 g/mol. The van der Waals surface area contributed by atoms with Crippen molar-refractivity contribution in [1.82, 2.24) is 0 Å². The lowest BCUT2D eigenvalue weighted by atomic mass is 10.0. The lowest BCUT2D eigenvalue weighted by molar-refractivity contribution is 0.807. The third-order valence-corrected chi connectivity index (χ3v) is 4.00. The van der Waals surface area contributed by atoms with E-state index < -0.39 is 0 Å². The van der Waals surface area contributed by atoms with Crippen molar-refractivity contribution < 1.29 is 0 Å². The number of amidine groups is 1. The van der Waals surface area contributed by atoms with Crippen LogP contribution in [-0.4, -0.2) is 12.4 Å². The molecular weight excluding hydrogens is 282 g/mol. The SMILES string of the molecule is CCCCN=C(N)c1ccc(CCc2ccc(CN)cc2)cc1. The van der Waals surface area contributed by atoms with Gasteiger partial charge in [-0.05, 0) is 36.0 Å². The Morgan fingerprint density at radius 1 is 0.870 bits per heavy atom. The van der Waals surface area contributed by atoms with Crippen LogP contribution in [0.15, 0.2) is 53.5 Å². The minimum atomic E-state index is 0.600. The molecule has 0 unspecified atom stereocenters. The molecule has 0 saturated carbocycles. The van der Waals surface area contributed by atoms with Crippen molar-refractivity contribution in [2.24, 2.45) is 16.5 Å². The zero-order valence-electron chi connectivity index (χ0n) is 14.0. The van der Waals surface area contributed by atoms with Gasteiger partial charge in [-0.1, -0.05) is 61.9 Å². The first kappa shape index (κ1) is 17.2. The summed E-state index contributed by atoms with van der Waals surface area (Å²) >= 11 is 0. The summed E-state index contributed by atoms with van der Waals surface area (Å²) in [6.45, 7) is 3.57. The molecule has 0 spiro atoms. The molecular formula is C20H27N3. The van der Waals surface area contributed by atoms with Crippen molar-refractivity contribution in [1.29, 1.82) is 0 Å². The van der Waals surface area contributed by atoms with Gasteiger partial charge in [-0.15, -0.1) is 0 Å². The quantitative estimate of drug-likeness (QED) is 0.446. The van der Waals surface area contributed by atoms with E-state index in [1.54, 1.807) is 0 Å². The maximum Gasteiger partial charge on any atom is 0.125 e. The van der Waals surface area contributed by atoms with E-state index in [4.69, 9.17) is 11.5 Å². The molecule has 0 fully saturated rings. The van der Waals surface area contributed by atoms with Gasteiger partial charge >= 0.3 is 0 Å². The third kappa shape index (κ3) is 5.53. The molecule has 0 radical (unpaired) electrons. The molecule has 0 aliphatic rings. The highest BCUT2D eigenvalue weighted by Gasteiger charge is 2.00. The fourth-order valence-electron chi connectivity index (χ4n) is 2.42. The largest absolute Gasteiger partial charge is 0.384 e. The number of nitrogens with zero attached hydrogens (tertiary/aromatic N) is 1. The van der Waals surface area contributed by atoms with Crippen LogP contribution in [0.25, 0.3) is 0 Å². The molecule has 2 rings (SSSR count). The highest BCUT2D eigenvalue weighted by molar-refractivity contribution is 5.97. The predicted molar refractivity (Wildman–Crippen MR) is 98.7 cm³/mol. The zero-order valence-corrected chi connectivity index (χ0v) is 14.0. The highest BCUT2D eigenvalue weighted by atomic mass is 14.8. The summed E-state index contributed by atoms with van der Waals surface area (Å²) in [5.74, 6) is 0.641. The number of rotatable bonds is 8. The van der Waals surface area contributed by atoms with Gasteiger partial charge in [0.2, 0.25) is 0 Å². The van der Waals surface area contributed by atoms with Gasteiger partial charge in [-0.2, -0.15) is 0 Å². The fraction of sp³-hybridized carbons (Fsp3) is 0.350. The molecule has 0 aromatic heterocycles. The van der Waals surface area contributed by atoms with Crippen LogP contribution in [0, 0.1) is 0 Å². The van der Waals surface area contributed by atoms with E-state index in [2.05, 4.69) is 60.4 Å². The smallest absolute Gasteiger partial charge is 0.125 e. The average molecular weight is 309 g/mol. The molecule has 2 aromatic carbocycles. The summed E-state index contributed by atoms with van der Waals surface area (Å²) in [5.41, 5.74) is 16.5. The summed E-state index contributed by atoms with van der Waals surface area (Å²) in [6, 6.07) is 17.0. The molecule has 122 valence electrons. The molecule has 4 N–H and O–H groups in total. The van der Waals surface area contributed by atoms with Crippen molar-refractivity contribution in [2.75, 3.05) is 6.54 Å². The zero-order chi connectivity index (χ0) is 16.5. The molecule has 3 nitrogen and oxygen atoms in total. The molecule has 0 saturated heterocycles. The summed E-state index contributed by atoms with van der Waals surface area (Å²) in [4.78, 5) is 4.41. The summed E-state index contributed by atoms with van der Waals surface area (Å²) in [7, 11) is 0. The van der Waals surface area contributed by atoms with Crippen LogP contribution >= 0.6 is 0 Å². The number of hydrogen-bond acceptors (Lipinski definition) is 2. The van der Waals surface area contributed by atoms with E-state index in [-0.39, 0.29) is 0 Å². The van der Waals surface area contributed by atoms with E-state index in [1.807, 2.05) is 0 Å². The Kier molecular flexibility index (Phi) is 6.82. The summed E-state index contributed by atoms with van der Waals surface area (Å²) in [6.07, 6.45) is 4.28. The van der Waals surface area contributed by atoms with E-state index in [0.717, 1.165) is 37.8 Å². The molecule has 23 heavy (non-hydrogen) atoms. The lowest BCUT2D eigenvalue weighted by Crippen LogP contribution is -2.14. The molecule has 0 aliphatic heterocycles. The van der Waals surface area contributed by atoms with Gasteiger partial charge in [0.15, 0.2) is 0 Å². The summed E-state index contributed by atoms with van der Waals surface area (Å²) in [5, 5.41) is 0. The van der Waals surface area contributed by atoms with Crippen LogP contribution in [0.1, 0.15) is 42.0 Å². The van der Waals surface area contributed by atoms with Crippen molar-refractivity contribution in [2.45, 2.75) is 39.2 Å². The average Bonchev–Trinajstić information content (AvgIpc) is 2.61. The number of hydrogen-bond donors (Lipinski definition) is 2. The fourth-order valence-corrected chi connectivity index (χ4v) is 2.42. The maximum absolute atomic E-state index is 6.02.